The number of aliphatic imine (C=N–C) groups is 2. The van der Waals surface area contributed by atoms with E-state index in [-0.39, 0.29) is 106 Å². The predicted molar refractivity (Wildman–Crippen MR) is 348 cm³/mol. The smallest absolute Gasteiger partial charge is 0.305 e. The normalized spacial score (nSPS) is 15.9. The Morgan fingerprint density at radius 2 is 1.05 bits per heavy atom. The predicted octanol–water partition coefficient (Wildman–Crippen LogP) is -9.19. The minimum Gasteiger partial charge on any atom is -0.481 e. The van der Waals surface area contributed by atoms with Gasteiger partial charge in [-0.2, -0.15) is 50.5 Å². The largest absolute Gasteiger partial charge is 0.481 e. The number of aliphatic hydroxyl groups excluding tert-OH is 1. The molecule has 36 nitrogen and oxygen atoms in total. The zero-order valence-corrected chi connectivity index (χ0v) is 53.6. The van der Waals surface area contributed by atoms with E-state index in [4.69, 9.17) is 34.5 Å². The molecular weight excluding hydrogens is 1290 g/mol. The number of aromatic amines is 1. The molecule has 1 saturated heterocycles. The van der Waals surface area contributed by atoms with Crippen LogP contribution in [0.15, 0.2) is 40.4 Å². The van der Waals surface area contributed by atoms with Crippen LogP contribution in [0.3, 0.4) is 0 Å². The Hall–Kier alpha value is -8.31. The standard InChI is InChI=1S/C52H83N21O15S4/c1-24(41(79)67-30(15-25-17-61-27-8-3-2-7-26(25)27)44(82)65-28(9-4-12-59-51(54)55)42(80)70-33(20-89)40(53)78)63-46(84)35(22-91)71-43(81)29(10-5-13-60-52(56)57)66-49(87)37-11-6-14-73(37)50(88)31(16-39(76)77)68-45(83)32(19-74)69-48(86)36(23-92)72-47(85)34(21-90)64-38(75)18-62-58/h2-3,7-8,17,24,28-37,61-62,74,89-92H,4-6,9-16,18-23,58H2,1H3,(H2,53,78)(H,63,84)(H,64,75)(H,65,82)(H,66,87)(H,67,79)(H,68,83)(H,69,86)(H,70,80)(H,71,81)(H,72,85)(H,76,77)(H4,54,55,59)(H4,56,57,60)/t24-,28-,29-,30?,31-,32-,33?,34-,35?,36-,37-/m0/s1. The molecule has 0 aliphatic carbocycles. The SMILES string of the molecule is C[C@H](NC(=O)C(CS)NC(=O)[C@H](CCCN=C(N)N)NC(=O)[C@@H]1CCCN1C(=O)[C@H](CC(=O)O)NC(=O)[C@H](CO)NC(=O)[C@H](CS)NC(=O)[C@H](CS)NC(=O)CNN)C(=O)NC(Cc1c[nH]c2ccccc12)C(=O)N[C@@H](CCCN=C(N)N)C(=O)NC(CS)C(N)=O. The second-order valence-electron chi connectivity index (χ2n) is 20.8. The van der Waals surface area contributed by atoms with Crippen molar-refractivity contribution in [2.75, 3.05) is 55.8 Å². The van der Waals surface area contributed by atoms with E-state index in [2.05, 4.69) is 124 Å². The Labute approximate surface area is 549 Å². The third-order valence-corrected chi connectivity index (χ3v) is 15.3. The molecule has 0 saturated carbocycles. The van der Waals surface area contributed by atoms with Crippen molar-refractivity contribution in [3.63, 3.8) is 0 Å². The molecule has 11 atom stereocenters. The first kappa shape index (κ1) is 77.9. The van der Waals surface area contributed by atoms with E-state index in [1.807, 2.05) is 0 Å². The summed E-state index contributed by atoms with van der Waals surface area (Å²) < 4.78 is 0. The molecule has 12 amide bonds. The molecule has 1 aromatic carbocycles. The van der Waals surface area contributed by atoms with Crippen LogP contribution in [0.4, 0.5) is 0 Å². The Balaban J connectivity index is 1.83. The number of carbonyl (C=O) groups is 13. The van der Waals surface area contributed by atoms with Gasteiger partial charge in [0.15, 0.2) is 11.9 Å². The Morgan fingerprint density at radius 3 is 1.58 bits per heavy atom. The lowest BCUT2D eigenvalue weighted by molar-refractivity contribution is -0.146. The molecule has 2 aromatic rings. The summed E-state index contributed by atoms with van der Waals surface area (Å²) in [5, 5.41) is 45.0. The van der Waals surface area contributed by atoms with Gasteiger partial charge in [0.2, 0.25) is 70.9 Å². The first-order chi connectivity index (χ1) is 43.6. The summed E-state index contributed by atoms with van der Waals surface area (Å²) in [6.45, 7) is -0.320. The number of hydrazine groups is 1. The summed E-state index contributed by atoms with van der Waals surface area (Å²) in [6.07, 6.45) is 0.534. The highest BCUT2D eigenvalue weighted by molar-refractivity contribution is 7.80. The van der Waals surface area contributed by atoms with Crippen LogP contribution >= 0.6 is 50.5 Å². The van der Waals surface area contributed by atoms with Crippen molar-refractivity contribution < 1.29 is 72.5 Å². The van der Waals surface area contributed by atoms with Gasteiger partial charge in [-0.1, -0.05) is 18.2 Å². The van der Waals surface area contributed by atoms with Crippen molar-refractivity contribution in [1.29, 1.82) is 0 Å². The van der Waals surface area contributed by atoms with E-state index in [1.165, 1.54) is 6.92 Å². The zero-order chi connectivity index (χ0) is 68.8. The second kappa shape index (κ2) is 39.8. The fraction of sp³-hybridized carbons (Fsp3) is 0.558. The summed E-state index contributed by atoms with van der Waals surface area (Å²) in [6, 6.07) is -9.16. The molecule has 3 rings (SSSR count). The fourth-order valence-corrected chi connectivity index (χ4v) is 10.1. The minimum atomic E-state index is -1.91. The van der Waals surface area contributed by atoms with E-state index in [9.17, 15) is 72.5 Å². The number of para-hydroxylation sites is 1. The molecule has 92 heavy (non-hydrogen) atoms. The number of carboxylic acid groups (broad SMARTS) is 1. The summed E-state index contributed by atoms with van der Waals surface area (Å²) in [7, 11) is 0. The van der Waals surface area contributed by atoms with E-state index in [0.29, 0.717) is 16.5 Å². The Bertz CT molecular complexity index is 2990. The number of hydrogen-bond acceptors (Lipinski definition) is 22. The highest BCUT2D eigenvalue weighted by Crippen LogP contribution is 2.22. The van der Waals surface area contributed by atoms with E-state index in [1.54, 1.807) is 30.5 Å². The molecule has 510 valence electrons. The topological polar surface area (TPSA) is 595 Å². The van der Waals surface area contributed by atoms with Gasteiger partial charge in [-0.25, -0.2) is 0 Å². The Kier molecular flexibility index (Phi) is 33.7. The lowest BCUT2D eigenvalue weighted by Crippen LogP contribution is -2.61. The van der Waals surface area contributed by atoms with Crippen LogP contribution in [0.1, 0.15) is 57.4 Å². The average Bonchev–Trinajstić information content (AvgIpc) is 1.66. The number of fused-ring (bicyclic) bond motifs is 1. The summed E-state index contributed by atoms with van der Waals surface area (Å²) in [4.78, 5) is 186. The Morgan fingerprint density at radius 1 is 0.598 bits per heavy atom. The average molecular weight is 1370 g/mol. The van der Waals surface area contributed by atoms with E-state index in [0.717, 1.165) is 4.90 Å². The molecule has 40 heteroatoms. The van der Waals surface area contributed by atoms with Gasteiger partial charge in [0, 0.05) is 66.2 Å². The quantitative estimate of drug-likeness (QED) is 0.00736. The third-order valence-electron chi connectivity index (χ3n) is 13.9. The second-order valence-corrected chi connectivity index (χ2v) is 22.2. The van der Waals surface area contributed by atoms with Crippen LogP contribution < -0.4 is 93.1 Å². The summed E-state index contributed by atoms with van der Waals surface area (Å²) >= 11 is 16.5. The number of rotatable bonds is 40. The highest BCUT2D eigenvalue weighted by Gasteiger charge is 2.41. The maximum atomic E-state index is 14.3. The number of nitrogens with two attached hydrogens (primary N) is 6. The summed E-state index contributed by atoms with van der Waals surface area (Å²) in [5.41, 5.74) is 30.7. The number of carbonyl (C=O) groups excluding carboxylic acids is 12. The molecule has 26 N–H and O–H groups in total. The zero-order valence-electron chi connectivity index (χ0n) is 50.1. The number of guanidine groups is 2. The highest BCUT2D eigenvalue weighted by atomic mass is 32.1. The molecule has 1 aromatic heterocycles. The number of thiol groups is 4. The fourth-order valence-electron chi connectivity index (χ4n) is 9.05. The number of aliphatic hydroxyl groups is 1. The molecule has 0 spiro atoms. The van der Waals surface area contributed by atoms with Crippen LogP contribution in [0, 0.1) is 0 Å². The van der Waals surface area contributed by atoms with Gasteiger partial charge in [-0.15, -0.1) is 0 Å². The van der Waals surface area contributed by atoms with Crippen LogP contribution in [-0.4, -0.2) is 231 Å². The lowest BCUT2D eigenvalue weighted by atomic mass is 10.0. The number of amides is 12. The number of H-pyrrole nitrogens is 1. The summed E-state index contributed by atoms with van der Waals surface area (Å²) in [5.74, 6) is -9.37. The van der Waals surface area contributed by atoms with Crippen molar-refractivity contribution in [1.82, 2.24) is 68.5 Å². The number of carboxylic acids is 1. The monoisotopic (exact) mass is 1370 g/mol. The maximum absolute atomic E-state index is 14.3. The van der Waals surface area contributed by atoms with Gasteiger partial charge in [-0.3, -0.25) is 83.6 Å². The lowest BCUT2D eigenvalue weighted by Gasteiger charge is -2.30. The molecule has 1 aliphatic heterocycles. The molecule has 0 bridgehead atoms. The van der Waals surface area contributed by atoms with E-state index >= 15 is 0 Å². The van der Waals surface area contributed by atoms with Crippen molar-refractivity contribution in [2.24, 2.45) is 44.5 Å². The number of aliphatic carboxylic acids is 1. The van der Waals surface area contributed by atoms with Gasteiger partial charge in [0.05, 0.1) is 19.6 Å². The van der Waals surface area contributed by atoms with Gasteiger partial charge >= 0.3 is 5.97 Å². The van der Waals surface area contributed by atoms with Crippen LogP contribution in [0.2, 0.25) is 0 Å². The molecule has 2 heterocycles. The van der Waals surface area contributed by atoms with Crippen LogP contribution in [-0.2, 0) is 68.7 Å². The van der Waals surface area contributed by atoms with E-state index < -0.39 is 156 Å². The first-order valence-corrected chi connectivity index (χ1v) is 31.1. The molecule has 1 fully saturated rings. The number of likely N-dealkylation sites (tertiary alicyclic amines) is 1. The molecular formula is C52H83N21O15S4. The van der Waals surface area contributed by atoms with Gasteiger partial charge in [0.1, 0.15) is 66.5 Å². The molecule has 0 radical (unpaired) electrons. The maximum Gasteiger partial charge on any atom is 0.305 e. The van der Waals surface area contributed by atoms with Crippen LogP contribution in [0.25, 0.3) is 10.9 Å². The van der Waals surface area contributed by atoms with Crippen molar-refractivity contribution in [3.05, 3.63) is 36.0 Å². The first-order valence-electron chi connectivity index (χ1n) is 28.6. The molecule has 3 unspecified atom stereocenters. The number of hydrogen-bond donors (Lipinski definition) is 24. The van der Waals surface area contributed by atoms with Gasteiger partial charge in [0.25, 0.3) is 0 Å². The minimum absolute atomic E-state index is 0.0300. The van der Waals surface area contributed by atoms with Gasteiger partial charge < -0.3 is 102 Å². The number of aromatic nitrogens is 1. The third kappa shape index (κ3) is 25.4. The van der Waals surface area contributed by atoms with Crippen molar-refractivity contribution in [2.45, 2.75) is 125 Å². The number of primary amides is 1. The van der Waals surface area contributed by atoms with Crippen LogP contribution in [0.5, 0.6) is 0 Å². The van der Waals surface area contributed by atoms with Crippen molar-refractivity contribution in [3.8, 4) is 0 Å². The number of nitrogens with zero attached hydrogens (tertiary/aromatic N) is 3. The van der Waals surface area contributed by atoms with Crippen molar-refractivity contribution >= 4 is 150 Å². The number of benzene rings is 1. The molecule has 1 aliphatic rings. The number of nitrogens with one attached hydrogen (secondary N) is 12. The van der Waals surface area contributed by atoms with Gasteiger partial charge in [-0.05, 0) is 57.1 Å².